The van der Waals surface area contributed by atoms with Crippen LogP contribution in [0.15, 0.2) is 41.5 Å². The molecule has 10 heteroatoms. The van der Waals surface area contributed by atoms with Gasteiger partial charge >= 0.3 is 0 Å². The van der Waals surface area contributed by atoms with Gasteiger partial charge in [-0.25, -0.2) is 13.8 Å². The van der Waals surface area contributed by atoms with Crippen molar-refractivity contribution in [2.24, 2.45) is 5.10 Å². The van der Waals surface area contributed by atoms with Crippen molar-refractivity contribution in [1.29, 1.82) is 0 Å². The van der Waals surface area contributed by atoms with Crippen LogP contribution in [0.3, 0.4) is 0 Å². The molecule has 0 unspecified atom stereocenters. The van der Waals surface area contributed by atoms with Crippen molar-refractivity contribution < 1.29 is 23.1 Å². The molecule has 0 saturated heterocycles. The smallest absolute Gasteiger partial charge is 0.260 e. The highest BCUT2D eigenvalue weighted by molar-refractivity contribution is 7.92. The van der Waals surface area contributed by atoms with Gasteiger partial charge in [-0.15, -0.1) is 0 Å². The van der Waals surface area contributed by atoms with E-state index in [1.54, 1.807) is 31.2 Å². The molecule has 1 amide bonds. The summed E-state index contributed by atoms with van der Waals surface area (Å²) in [6.45, 7) is 1.21. The molecule has 2 aromatic rings. The number of carbonyl (C=O) groups excluding carboxylic acids is 1. The fourth-order valence-electron chi connectivity index (χ4n) is 2.37. The van der Waals surface area contributed by atoms with E-state index in [1.165, 1.54) is 25.5 Å². The Morgan fingerprint density at radius 3 is 2.71 bits per heavy atom. The summed E-state index contributed by atoms with van der Waals surface area (Å²) >= 11 is 6.06. The number of anilines is 1. The standard InChI is InChI=1S/C18H20ClN3O5S/c1-12-14(19)5-4-6-15(12)22(28(3,25)26)11-18(24)21-20-10-13-7-8-16(23)17(9-13)27-2/h4-10,23H,11H2,1-3H3,(H,21,24)/b20-10-. The number of carbonyl (C=O) groups is 1. The van der Waals surface area contributed by atoms with Gasteiger partial charge in [-0.05, 0) is 48.4 Å². The molecule has 0 radical (unpaired) electrons. The van der Waals surface area contributed by atoms with Crippen molar-refractivity contribution in [1.82, 2.24) is 5.43 Å². The number of methoxy groups -OCH3 is 1. The van der Waals surface area contributed by atoms with Gasteiger partial charge in [0.1, 0.15) is 6.54 Å². The van der Waals surface area contributed by atoms with E-state index in [2.05, 4.69) is 10.5 Å². The largest absolute Gasteiger partial charge is 0.504 e. The molecular formula is C18H20ClN3O5S. The minimum absolute atomic E-state index is 0.0237. The second-order valence-corrected chi connectivity index (χ2v) is 8.19. The van der Waals surface area contributed by atoms with E-state index in [0.717, 1.165) is 10.6 Å². The van der Waals surface area contributed by atoms with E-state index in [-0.39, 0.29) is 11.5 Å². The van der Waals surface area contributed by atoms with Crippen LogP contribution in [0.25, 0.3) is 0 Å². The Hall–Kier alpha value is -2.78. The minimum atomic E-state index is -3.73. The first-order valence-electron chi connectivity index (χ1n) is 8.05. The third-order valence-electron chi connectivity index (χ3n) is 3.80. The molecule has 2 aromatic carbocycles. The maximum Gasteiger partial charge on any atom is 0.260 e. The topological polar surface area (TPSA) is 108 Å². The van der Waals surface area contributed by atoms with Crippen LogP contribution < -0.4 is 14.5 Å². The number of sulfonamides is 1. The van der Waals surface area contributed by atoms with Crippen molar-refractivity contribution in [2.75, 3.05) is 24.2 Å². The summed E-state index contributed by atoms with van der Waals surface area (Å²) in [6.07, 6.45) is 2.35. The van der Waals surface area contributed by atoms with Crippen LogP contribution in [-0.4, -0.2) is 45.6 Å². The third-order valence-corrected chi connectivity index (χ3v) is 5.34. The lowest BCUT2D eigenvalue weighted by Crippen LogP contribution is -2.39. The highest BCUT2D eigenvalue weighted by atomic mass is 35.5. The van der Waals surface area contributed by atoms with Crippen LogP contribution >= 0.6 is 11.6 Å². The Bertz CT molecular complexity index is 1010. The SMILES string of the molecule is COc1cc(/C=N\NC(=O)CN(c2cccc(Cl)c2C)S(C)(=O)=O)ccc1O. The lowest BCUT2D eigenvalue weighted by molar-refractivity contribution is -0.119. The number of aromatic hydroxyl groups is 1. The van der Waals surface area contributed by atoms with Gasteiger partial charge in [0.15, 0.2) is 11.5 Å². The van der Waals surface area contributed by atoms with E-state index in [0.29, 0.717) is 21.8 Å². The van der Waals surface area contributed by atoms with Crippen LogP contribution in [0, 0.1) is 6.92 Å². The van der Waals surface area contributed by atoms with Crippen LogP contribution in [0.2, 0.25) is 5.02 Å². The molecule has 0 saturated carbocycles. The summed E-state index contributed by atoms with van der Waals surface area (Å²) in [5, 5.41) is 13.8. The number of hydrazone groups is 1. The van der Waals surface area contributed by atoms with Crippen LogP contribution in [0.4, 0.5) is 5.69 Å². The number of benzene rings is 2. The molecule has 0 aliphatic carbocycles. The Labute approximate surface area is 168 Å². The van der Waals surface area contributed by atoms with Gasteiger partial charge in [-0.1, -0.05) is 17.7 Å². The molecule has 8 nitrogen and oxygen atoms in total. The number of phenolic OH excluding ortho intramolecular Hbond substituents is 1. The van der Waals surface area contributed by atoms with Crippen LogP contribution in [0.5, 0.6) is 11.5 Å². The number of nitrogens with one attached hydrogen (secondary N) is 1. The molecule has 0 aromatic heterocycles. The molecular weight excluding hydrogens is 406 g/mol. The monoisotopic (exact) mass is 425 g/mol. The molecule has 0 bridgehead atoms. The van der Waals surface area contributed by atoms with Gasteiger partial charge in [0.25, 0.3) is 5.91 Å². The van der Waals surface area contributed by atoms with Crippen molar-refractivity contribution in [3.8, 4) is 11.5 Å². The number of halogens is 1. The lowest BCUT2D eigenvalue weighted by atomic mass is 10.2. The van der Waals surface area contributed by atoms with Crippen molar-refractivity contribution in [3.63, 3.8) is 0 Å². The normalized spacial score (nSPS) is 11.4. The molecule has 0 fully saturated rings. The summed E-state index contributed by atoms with van der Waals surface area (Å²) in [5.41, 5.74) is 3.71. The molecule has 2 N–H and O–H groups in total. The quantitative estimate of drug-likeness (QED) is 0.522. The first kappa shape index (κ1) is 21.5. The maximum atomic E-state index is 12.2. The summed E-state index contributed by atoms with van der Waals surface area (Å²) < 4.78 is 30.3. The third kappa shape index (κ3) is 5.37. The Morgan fingerprint density at radius 2 is 2.07 bits per heavy atom. The van der Waals surface area contributed by atoms with Gasteiger partial charge in [0, 0.05) is 5.02 Å². The summed E-state index contributed by atoms with van der Waals surface area (Å²) in [6, 6.07) is 9.35. The Balaban J connectivity index is 2.13. The number of nitrogens with zero attached hydrogens (tertiary/aromatic N) is 2. The Kier molecular flexibility index (Phi) is 6.87. The maximum absolute atomic E-state index is 12.2. The minimum Gasteiger partial charge on any atom is -0.504 e. The molecule has 0 spiro atoms. The molecule has 150 valence electrons. The molecule has 0 aliphatic heterocycles. The summed E-state index contributed by atoms with van der Waals surface area (Å²) in [7, 11) is -2.31. The van der Waals surface area contributed by atoms with E-state index in [4.69, 9.17) is 16.3 Å². The van der Waals surface area contributed by atoms with Crippen LogP contribution in [0.1, 0.15) is 11.1 Å². The molecule has 0 aliphatic rings. The van der Waals surface area contributed by atoms with E-state index >= 15 is 0 Å². The number of hydrogen-bond donors (Lipinski definition) is 2. The summed E-state index contributed by atoms with van der Waals surface area (Å²) in [5.74, 6) is -0.397. The van der Waals surface area contributed by atoms with Gasteiger partial charge in [-0.2, -0.15) is 5.10 Å². The van der Waals surface area contributed by atoms with Crippen LogP contribution in [-0.2, 0) is 14.8 Å². The summed E-state index contributed by atoms with van der Waals surface area (Å²) in [4.78, 5) is 12.2. The molecule has 28 heavy (non-hydrogen) atoms. The fraction of sp³-hybridized carbons (Fsp3) is 0.222. The number of amides is 1. The van der Waals surface area contributed by atoms with E-state index in [9.17, 15) is 18.3 Å². The van der Waals surface area contributed by atoms with Crippen molar-refractivity contribution in [3.05, 3.63) is 52.5 Å². The second kappa shape index (κ2) is 8.94. The Morgan fingerprint density at radius 1 is 1.36 bits per heavy atom. The van der Waals surface area contributed by atoms with Gasteiger partial charge in [0.05, 0.1) is 25.3 Å². The fourth-order valence-corrected chi connectivity index (χ4v) is 3.44. The lowest BCUT2D eigenvalue weighted by Gasteiger charge is -2.23. The molecule has 2 rings (SSSR count). The van der Waals surface area contributed by atoms with Gasteiger partial charge < -0.3 is 9.84 Å². The van der Waals surface area contributed by atoms with Gasteiger partial charge in [0.2, 0.25) is 10.0 Å². The van der Waals surface area contributed by atoms with E-state index in [1.807, 2.05) is 0 Å². The number of rotatable bonds is 7. The predicted octanol–water partition coefficient (Wildman–Crippen LogP) is 2.28. The first-order chi connectivity index (χ1) is 13.1. The average Bonchev–Trinajstić information content (AvgIpc) is 2.63. The zero-order valence-corrected chi connectivity index (χ0v) is 17.1. The van der Waals surface area contributed by atoms with Crippen molar-refractivity contribution in [2.45, 2.75) is 6.92 Å². The average molecular weight is 426 g/mol. The molecule has 0 heterocycles. The van der Waals surface area contributed by atoms with Crippen molar-refractivity contribution >= 4 is 39.4 Å². The number of phenols is 1. The molecule has 0 atom stereocenters. The zero-order valence-electron chi connectivity index (χ0n) is 15.5. The highest BCUT2D eigenvalue weighted by Gasteiger charge is 2.22. The second-order valence-electron chi connectivity index (χ2n) is 5.88. The number of hydrogen-bond acceptors (Lipinski definition) is 6. The first-order valence-corrected chi connectivity index (χ1v) is 10.3. The zero-order chi connectivity index (χ0) is 20.9. The van der Waals surface area contributed by atoms with Gasteiger partial charge in [-0.3, -0.25) is 9.10 Å². The van der Waals surface area contributed by atoms with E-state index < -0.39 is 22.5 Å². The highest BCUT2D eigenvalue weighted by Crippen LogP contribution is 2.28. The predicted molar refractivity (Wildman–Crippen MR) is 109 cm³/mol. The number of ether oxygens (including phenoxy) is 1.